The van der Waals surface area contributed by atoms with Crippen molar-refractivity contribution < 1.29 is 18.7 Å². The largest absolute Gasteiger partial charge is 0.433 e. The van der Waals surface area contributed by atoms with Gasteiger partial charge in [0.05, 0.1) is 16.4 Å². The molecular weight excluding hydrogens is 428 g/mol. The number of rotatable bonds is 5. The third-order valence-electron chi connectivity index (χ3n) is 4.61. The van der Waals surface area contributed by atoms with Gasteiger partial charge >= 0.3 is 6.09 Å². The predicted octanol–water partition coefficient (Wildman–Crippen LogP) is 6.80. The highest BCUT2D eigenvalue weighted by Crippen LogP contribution is 2.33. The van der Waals surface area contributed by atoms with Gasteiger partial charge in [0, 0.05) is 11.1 Å². The zero-order valence-electron chi connectivity index (χ0n) is 16.3. The van der Waals surface area contributed by atoms with Crippen molar-refractivity contribution in [3.05, 3.63) is 93.8 Å². The molecule has 0 spiro atoms. The summed E-state index contributed by atoms with van der Waals surface area (Å²) in [5.74, 6) is -0.656. The lowest BCUT2D eigenvalue weighted by atomic mass is 9.99. The molecule has 30 heavy (non-hydrogen) atoms. The van der Waals surface area contributed by atoms with Crippen molar-refractivity contribution in [2.24, 2.45) is 0 Å². The Hall–Kier alpha value is -2.89. The topological polar surface area (TPSA) is 46.6 Å². The predicted molar refractivity (Wildman–Crippen MR) is 117 cm³/mol. The molecule has 0 radical (unpaired) electrons. The van der Waals surface area contributed by atoms with Crippen LogP contribution < -0.4 is 4.90 Å². The third-order valence-corrected chi connectivity index (χ3v) is 5.03. The molecule has 0 bridgehead atoms. The molecule has 3 aromatic carbocycles. The van der Waals surface area contributed by atoms with Gasteiger partial charge in [-0.25, -0.2) is 14.1 Å². The number of alkyl halides is 1. The second kappa shape index (κ2) is 9.28. The first-order chi connectivity index (χ1) is 14.3. The molecule has 7 heteroatoms. The zero-order valence-corrected chi connectivity index (χ0v) is 17.8. The van der Waals surface area contributed by atoms with E-state index in [9.17, 15) is 14.0 Å². The van der Waals surface area contributed by atoms with Crippen LogP contribution in [0.4, 0.5) is 20.6 Å². The highest BCUT2D eigenvalue weighted by atomic mass is 35.5. The van der Waals surface area contributed by atoms with Crippen LogP contribution in [0.15, 0.2) is 60.7 Å². The molecule has 0 saturated carbocycles. The minimum atomic E-state index is -0.756. The van der Waals surface area contributed by atoms with Crippen LogP contribution in [0, 0.1) is 19.7 Å². The fraction of sp³-hybridized carbons (Fsp3) is 0.130. The fourth-order valence-corrected chi connectivity index (χ4v) is 3.48. The van der Waals surface area contributed by atoms with Crippen molar-refractivity contribution in [1.82, 2.24) is 0 Å². The Morgan fingerprint density at radius 2 is 1.70 bits per heavy atom. The lowest BCUT2D eigenvalue weighted by molar-refractivity contribution is 0.103. The smallest absolute Gasteiger partial charge is 0.420 e. The van der Waals surface area contributed by atoms with Gasteiger partial charge in [-0.15, -0.1) is 0 Å². The standard InChI is InChI=1S/C23H18Cl2FNO3/c1-14-5-3-4-6-18(14)22(28)19-9-8-17(12-20(19)25)27(23(29)30-13-24)21-10-7-16(26)11-15(21)2/h3-12H,13H2,1-2H3. The van der Waals surface area contributed by atoms with Crippen molar-refractivity contribution in [2.75, 3.05) is 11.0 Å². The molecule has 0 atom stereocenters. The van der Waals surface area contributed by atoms with Gasteiger partial charge in [0.1, 0.15) is 5.82 Å². The van der Waals surface area contributed by atoms with E-state index in [-0.39, 0.29) is 16.9 Å². The summed E-state index contributed by atoms with van der Waals surface area (Å²) in [6.07, 6.45) is -0.756. The first-order valence-corrected chi connectivity index (χ1v) is 9.93. The molecule has 3 aromatic rings. The minimum Gasteiger partial charge on any atom is -0.433 e. The Kier molecular flexibility index (Phi) is 6.75. The Morgan fingerprint density at radius 1 is 0.967 bits per heavy atom. The van der Waals surface area contributed by atoms with Gasteiger partial charge in [-0.1, -0.05) is 47.5 Å². The van der Waals surface area contributed by atoms with Crippen LogP contribution in [0.3, 0.4) is 0 Å². The summed E-state index contributed by atoms with van der Waals surface area (Å²) in [7, 11) is 0. The molecule has 0 unspecified atom stereocenters. The number of carbonyl (C=O) groups excluding carboxylic acids is 2. The molecule has 0 heterocycles. The first kappa shape index (κ1) is 21.8. The maximum Gasteiger partial charge on any atom is 0.420 e. The molecule has 4 nitrogen and oxygen atoms in total. The van der Waals surface area contributed by atoms with Gasteiger partial charge in [0.15, 0.2) is 11.8 Å². The van der Waals surface area contributed by atoms with E-state index in [1.165, 1.54) is 29.2 Å². The first-order valence-electron chi connectivity index (χ1n) is 9.02. The number of anilines is 2. The molecule has 154 valence electrons. The van der Waals surface area contributed by atoms with Crippen LogP contribution >= 0.6 is 23.2 Å². The molecule has 0 aromatic heterocycles. The monoisotopic (exact) mass is 445 g/mol. The van der Waals surface area contributed by atoms with Crippen molar-refractivity contribution in [2.45, 2.75) is 13.8 Å². The van der Waals surface area contributed by atoms with Gasteiger partial charge in [0.25, 0.3) is 0 Å². The van der Waals surface area contributed by atoms with E-state index in [1.807, 2.05) is 19.1 Å². The molecule has 0 aliphatic carbocycles. The zero-order chi connectivity index (χ0) is 21.8. The summed E-state index contributed by atoms with van der Waals surface area (Å²) in [6, 6.07) is 15.5. The van der Waals surface area contributed by atoms with E-state index >= 15 is 0 Å². The number of aryl methyl sites for hydroxylation is 2. The van der Waals surface area contributed by atoms with Crippen LogP contribution in [-0.2, 0) is 4.74 Å². The van der Waals surface area contributed by atoms with Crippen LogP contribution in [0.1, 0.15) is 27.0 Å². The maximum absolute atomic E-state index is 13.5. The van der Waals surface area contributed by atoms with Crippen molar-refractivity contribution in [3.8, 4) is 0 Å². The number of amides is 1. The molecule has 1 amide bonds. The normalized spacial score (nSPS) is 10.6. The molecule has 0 aliphatic rings. The molecule has 0 aliphatic heterocycles. The third kappa shape index (κ3) is 4.48. The minimum absolute atomic E-state index is 0.171. The molecular formula is C23H18Cl2FNO3. The van der Waals surface area contributed by atoms with Gasteiger partial charge in [-0.05, 0) is 61.4 Å². The molecule has 0 fully saturated rings. The van der Waals surface area contributed by atoms with Crippen LogP contribution in [0.25, 0.3) is 0 Å². The summed E-state index contributed by atoms with van der Waals surface area (Å²) < 4.78 is 18.5. The van der Waals surface area contributed by atoms with Gasteiger partial charge < -0.3 is 4.74 Å². The summed E-state index contributed by atoms with van der Waals surface area (Å²) in [4.78, 5) is 26.7. The average Bonchev–Trinajstić information content (AvgIpc) is 2.70. The number of carbonyl (C=O) groups is 2. The molecule has 3 rings (SSSR count). The number of hydrogen-bond donors (Lipinski definition) is 0. The number of ketones is 1. The lowest BCUT2D eigenvalue weighted by Crippen LogP contribution is -2.27. The van der Waals surface area contributed by atoms with Crippen LogP contribution in [0.2, 0.25) is 5.02 Å². The number of benzene rings is 3. The summed E-state index contributed by atoms with van der Waals surface area (Å²) >= 11 is 12.0. The quantitative estimate of drug-likeness (QED) is 0.320. The van der Waals surface area contributed by atoms with E-state index in [2.05, 4.69) is 0 Å². The number of nitrogens with zero attached hydrogens (tertiary/aromatic N) is 1. The van der Waals surface area contributed by atoms with Crippen molar-refractivity contribution in [1.29, 1.82) is 0 Å². The lowest BCUT2D eigenvalue weighted by Gasteiger charge is -2.24. The Balaban J connectivity index is 2.05. The van der Waals surface area contributed by atoms with Crippen molar-refractivity contribution in [3.63, 3.8) is 0 Å². The van der Waals surface area contributed by atoms with E-state index < -0.39 is 11.9 Å². The number of hydrogen-bond acceptors (Lipinski definition) is 3. The number of ether oxygens (including phenoxy) is 1. The summed E-state index contributed by atoms with van der Waals surface area (Å²) in [5.41, 5.74) is 2.94. The van der Waals surface area contributed by atoms with E-state index in [0.29, 0.717) is 28.1 Å². The second-order valence-electron chi connectivity index (χ2n) is 6.59. The highest BCUT2D eigenvalue weighted by molar-refractivity contribution is 6.35. The Bertz CT molecular complexity index is 1120. The summed E-state index contributed by atoms with van der Waals surface area (Å²) in [5, 5.41) is 0.171. The van der Waals surface area contributed by atoms with Crippen LogP contribution in [0.5, 0.6) is 0 Å². The fourth-order valence-electron chi connectivity index (χ4n) is 3.12. The van der Waals surface area contributed by atoms with E-state index in [0.717, 1.165) is 5.56 Å². The number of halogens is 3. The summed E-state index contributed by atoms with van der Waals surface area (Å²) in [6.45, 7) is 3.51. The maximum atomic E-state index is 13.5. The molecule has 0 N–H and O–H groups in total. The van der Waals surface area contributed by atoms with E-state index in [1.54, 1.807) is 31.2 Å². The molecule has 0 saturated heterocycles. The second-order valence-corrected chi connectivity index (χ2v) is 7.22. The Labute approximate surface area is 183 Å². The van der Waals surface area contributed by atoms with Gasteiger partial charge in [0.2, 0.25) is 0 Å². The SMILES string of the molecule is Cc1ccccc1C(=O)c1ccc(N(C(=O)OCCl)c2ccc(F)cc2C)cc1Cl. The highest BCUT2D eigenvalue weighted by Gasteiger charge is 2.23. The van der Waals surface area contributed by atoms with Gasteiger partial charge in [-0.3, -0.25) is 4.79 Å². The van der Waals surface area contributed by atoms with E-state index in [4.69, 9.17) is 27.9 Å². The Morgan fingerprint density at radius 3 is 2.33 bits per heavy atom. The van der Waals surface area contributed by atoms with Gasteiger partial charge in [-0.2, -0.15) is 0 Å². The average molecular weight is 446 g/mol. The van der Waals surface area contributed by atoms with Crippen LogP contribution in [-0.4, -0.2) is 17.9 Å². The van der Waals surface area contributed by atoms with Crippen molar-refractivity contribution >= 4 is 46.5 Å².